The van der Waals surface area contributed by atoms with Gasteiger partial charge in [0.1, 0.15) is 0 Å². The number of hydrogen-bond acceptors (Lipinski definition) is 2. The second-order valence-electron chi connectivity index (χ2n) is 6.89. The molecule has 2 unspecified atom stereocenters. The Kier molecular flexibility index (Phi) is 5.26. The molecule has 1 aliphatic carbocycles. The Bertz CT molecular complexity index is 297. The van der Waals surface area contributed by atoms with Crippen LogP contribution in [-0.4, -0.2) is 25.0 Å². The monoisotopic (exact) mass is 266 g/mol. The number of carbonyl (C=O) groups is 1. The van der Waals surface area contributed by atoms with E-state index in [4.69, 9.17) is 0 Å². The van der Waals surface area contributed by atoms with Crippen LogP contribution in [0.3, 0.4) is 0 Å². The molecule has 0 bridgehead atoms. The third kappa shape index (κ3) is 4.20. The zero-order chi connectivity index (χ0) is 13.7. The summed E-state index contributed by atoms with van der Waals surface area (Å²) in [6.45, 7) is 6.41. The van der Waals surface area contributed by atoms with Crippen LogP contribution >= 0.6 is 0 Å². The first-order valence-electron chi connectivity index (χ1n) is 8.14. The molecule has 1 saturated carbocycles. The molecular weight excluding hydrogens is 236 g/mol. The maximum atomic E-state index is 12.3. The molecule has 0 aromatic heterocycles. The molecule has 1 aliphatic heterocycles. The average Bonchev–Trinajstić information content (AvgIpc) is 2.46. The van der Waals surface area contributed by atoms with Gasteiger partial charge in [-0.15, -0.1) is 0 Å². The van der Waals surface area contributed by atoms with Crippen molar-refractivity contribution >= 4 is 5.91 Å². The average molecular weight is 266 g/mol. The van der Waals surface area contributed by atoms with E-state index in [9.17, 15) is 4.79 Å². The molecule has 0 aromatic rings. The molecule has 2 aliphatic rings. The standard InChI is InChI=1S/C16H30N2O/c1-3-13-7-10-17-14(11-13)15(19)18-12-16(2)8-5-4-6-9-16/h13-14,17H,3-12H2,1-2H3,(H,18,19). The van der Waals surface area contributed by atoms with Crippen molar-refractivity contribution in [3.05, 3.63) is 0 Å². The van der Waals surface area contributed by atoms with Crippen LogP contribution in [0.2, 0.25) is 0 Å². The highest BCUT2D eigenvalue weighted by atomic mass is 16.2. The second kappa shape index (κ2) is 6.74. The van der Waals surface area contributed by atoms with Crippen LogP contribution in [0, 0.1) is 11.3 Å². The normalized spacial score (nSPS) is 30.8. The lowest BCUT2D eigenvalue weighted by molar-refractivity contribution is -0.124. The summed E-state index contributed by atoms with van der Waals surface area (Å²) >= 11 is 0. The van der Waals surface area contributed by atoms with E-state index in [0.717, 1.165) is 25.4 Å². The molecule has 19 heavy (non-hydrogen) atoms. The number of nitrogens with one attached hydrogen (secondary N) is 2. The van der Waals surface area contributed by atoms with Crippen LogP contribution in [0.1, 0.15) is 65.2 Å². The number of hydrogen-bond donors (Lipinski definition) is 2. The zero-order valence-electron chi connectivity index (χ0n) is 12.6. The topological polar surface area (TPSA) is 41.1 Å². The van der Waals surface area contributed by atoms with Gasteiger partial charge in [0.15, 0.2) is 0 Å². The van der Waals surface area contributed by atoms with E-state index >= 15 is 0 Å². The summed E-state index contributed by atoms with van der Waals surface area (Å²) in [6.07, 6.45) is 9.98. The maximum Gasteiger partial charge on any atom is 0.237 e. The summed E-state index contributed by atoms with van der Waals surface area (Å²) in [7, 11) is 0. The predicted molar refractivity (Wildman–Crippen MR) is 79.0 cm³/mol. The lowest BCUT2D eigenvalue weighted by Gasteiger charge is -2.35. The van der Waals surface area contributed by atoms with Gasteiger partial charge in [0.2, 0.25) is 5.91 Å². The Morgan fingerprint density at radius 3 is 2.74 bits per heavy atom. The molecule has 0 radical (unpaired) electrons. The summed E-state index contributed by atoms with van der Waals surface area (Å²) in [4.78, 5) is 12.3. The van der Waals surface area contributed by atoms with E-state index in [0.29, 0.717) is 5.41 Å². The largest absolute Gasteiger partial charge is 0.354 e. The van der Waals surface area contributed by atoms with Gasteiger partial charge in [-0.25, -0.2) is 0 Å². The Labute approximate surface area is 117 Å². The predicted octanol–water partition coefficient (Wildman–Crippen LogP) is 2.85. The molecule has 0 aromatic carbocycles. The minimum absolute atomic E-state index is 0.0471. The zero-order valence-corrected chi connectivity index (χ0v) is 12.6. The highest BCUT2D eigenvalue weighted by molar-refractivity contribution is 5.81. The first-order valence-corrected chi connectivity index (χ1v) is 8.14. The first-order chi connectivity index (χ1) is 9.13. The maximum absolute atomic E-state index is 12.3. The fourth-order valence-corrected chi connectivity index (χ4v) is 3.57. The van der Waals surface area contributed by atoms with E-state index in [-0.39, 0.29) is 11.9 Å². The molecule has 110 valence electrons. The van der Waals surface area contributed by atoms with Gasteiger partial charge in [-0.2, -0.15) is 0 Å². The summed E-state index contributed by atoms with van der Waals surface area (Å²) in [5.74, 6) is 0.951. The van der Waals surface area contributed by atoms with E-state index in [1.807, 2.05) is 0 Å². The van der Waals surface area contributed by atoms with Crippen molar-refractivity contribution in [2.75, 3.05) is 13.1 Å². The summed E-state index contributed by atoms with van der Waals surface area (Å²) in [5, 5.41) is 6.58. The fraction of sp³-hybridized carbons (Fsp3) is 0.938. The summed E-state index contributed by atoms with van der Waals surface area (Å²) in [6, 6.07) is 0.0471. The number of carbonyl (C=O) groups excluding carboxylic acids is 1. The molecule has 2 atom stereocenters. The number of piperidine rings is 1. The van der Waals surface area contributed by atoms with Gasteiger partial charge in [0.05, 0.1) is 6.04 Å². The Morgan fingerprint density at radius 2 is 2.05 bits per heavy atom. The number of rotatable bonds is 4. The fourth-order valence-electron chi connectivity index (χ4n) is 3.57. The Hall–Kier alpha value is -0.570. The van der Waals surface area contributed by atoms with Crippen LogP contribution in [0.15, 0.2) is 0 Å². The summed E-state index contributed by atoms with van der Waals surface area (Å²) < 4.78 is 0. The van der Waals surface area contributed by atoms with Gasteiger partial charge in [-0.05, 0) is 43.6 Å². The van der Waals surface area contributed by atoms with Crippen LogP contribution in [-0.2, 0) is 4.79 Å². The van der Waals surface area contributed by atoms with Crippen molar-refractivity contribution < 1.29 is 4.79 Å². The van der Waals surface area contributed by atoms with Crippen molar-refractivity contribution in [2.45, 2.75) is 71.3 Å². The van der Waals surface area contributed by atoms with Crippen molar-refractivity contribution in [1.82, 2.24) is 10.6 Å². The van der Waals surface area contributed by atoms with Gasteiger partial charge < -0.3 is 10.6 Å². The van der Waals surface area contributed by atoms with E-state index in [2.05, 4.69) is 24.5 Å². The SMILES string of the molecule is CCC1CCNC(C(=O)NCC2(C)CCCCC2)C1. The summed E-state index contributed by atoms with van der Waals surface area (Å²) in [5.41, 5.74) is 0.340. The molecule has 2 N–H and O–H groups in total. The van der Waals surface area contributed by atoms with Crippen molar-refractivity contribution in [3.63, 3.8) is 0 Å². The Morgan fingerprint density at radius 1 is 1.32 bits per heavy atom. The van der Waals surface area contributed by atoms with Gasteiger partial charge >= 0.3 is 0 Å². The minimum Gasteiger partial charge on any atom is -0.354 e. The van der Waals surface area contributed by atoms with Crippen molar-refractivity contribution in [3.8, 4) is 0 Å². The Balaban J connectivity index is 1.77. The van der Waals surface area contributed by atoms with Gasteiger partial charge in [0.25, 0.3) is 0 Å². The lowest BCUT2D eigenvalue weighted by Crippen LogP contribution is -2.50. The van der Waals surface area contributed by atoms with Crippen LogP contribution in [0.25, 0.3) is 0 Å². The highest BCUT2D eigenvalue weighted by Crippen LogP contribution is 2.35. The minimum atomic E-state index is 0.0471. The first kappa shape index (κ1) is 14.8. The smallest absolute Gasteiger partial charge is 0.237 e. The third-order valence-corrected chi connectivity index (χ3v) is 5.16. The molecule has 1 amide bonds. The molecule has 1 saturated heterocycles. The lowest BCUT2D eigenvalue weighted by atomic mass is 9.75. The number of amides is 1. The van der Waals surface area contributed by atoms with E-state index in [1.165, 1.54) is 44.9 Å². The molecule has 2 rings (SSSR count). The van der Waals surface area contributed by atoms with Crippen molar-refractivity contribution in [1.29, 1.82) is 0 Å². The molecule has 0 spiro atoms. The van der Waals surface area contributed by atoms with Gasteiger partial charge in [-0.3, -0.25) is 4.79 Å². The molecule has 1 heterocycles. The van der Waals surface area contributed by atoms with E-state index < -0.39 is 0 Å². The quantitative estimate of drug-likeness (QED) is 0.821. The third-order valence-electron chi connectivity index (χ3n) is 5.16. The van der Waals surface area contributed by atoms with Crippen LogP contribution < -0.4 is 10.6 Å². The van der Waals surface area contributed by atoms with E-state index in [1.54, 1.807) is 0 Å². The second-order valence-corrected chi connectivity index (χ2v) is 6.89. The van der Waals surface area contributed by atoms with Crippen LogP contribution in [0.5, 0.6) is 0 Å². The van der Waals surface area contributed by atoms with Gasteiger partial charge in [-0.1, -0.05) is 39.5 Å². The molecule has 3 nitrogen and oxygen atoms in total. The van der Waals surface area contributed by atoms with Crippen molar-refractivity contribution in [2.24, 2.45) is 11.3 Å². The van der Waals surface area contributed by atoms with Gasteiger partial charge in [0, 0.05) is 6.54 Å². The highest BCUT2D eigenvalue weighted by Gasteiger charge is 2.30. The van der Waals surface area contributed by atoms with Crippen LogP contribution in [0.4, 0.5) is 0 Å². The molecular formula is C16H30N2O. The molecule has 3 heteroatoms. The molecule has 2 fully saturated rings.